The molecule has 0 saturated heterocycles. The quantitative estimate of drug-likeness (QED) is 0.0688. The summed E-state index contributed by atoms with van der Waals surface area (Å²) in [7, 11) is 0. The minimum atomic E-state index is -0.178. The number of hydrogen-bond donors (Lipinski definition) is 0. The molecular formula is C31H62O9. The molecule has 0 saturated carbocycles. The van der Waals surface area contributed by atoms with Gasteiger partial charge in [-0.25, -0.2) is 0 Å². The molecule has 0 unspecified atom stereocenters. The van der Waals surface area contributed by atoms with Crippen molar-refractivity contribution in [3.63, 3.8) is 0 Å². The Morgan fingerprint density at radius 3 is 1.00 bits per heavy atom. The van der Waals surface area contributed by atoms with Gasteiger partial charge in [0.2, 0.25) is 0 Å². The smallest absolute Gasteiger partial charge is 0.305 e. The van der Waals surface area contributed by atoms with Gasteiger partial charge in [-0.2, -0.15) is 0 Å². The molecule has 0 N–H and O–H groups in total. The van der Waals surface area contributed by atoms with Crippen LogP contribution in [0, 0.1) is 0 Å². The first-order valence-electron chi connectivity index (χ1n) is 16.0. The Labute approximate surface area is 245 Å². The molecule has 0 aliphatic carbocycles. The highest BCUT2D eigenvalue weighted by atomic mass is 16.6. The summed E-state index contributed by atoms with van der Waals surface area (Å²) in [5.74, 6) is -0.178. The molecule has 0 fully saturated rings. The lowest BCUT2D eigenvalue weighted by Crippen LogP contribution is -2.15. The third kappa shape index (κ3) is 35.2. The molecule has 0 aliphatic rings. The molecule has 0 spiro atoms. The molecule has 0 rings (SSSR count). The highest BCUT2D eigenvalue weighted by Crippen LogP contribution is 2.11. The Hall–Kier alpha value is -0.810. The maximum atomic E-state index is 11.2. The van der Waals surface area contributed by atoms with Crippen molar-refractivity contribution in [2.24, 2.45) is 0 Å². The second-order valence-electron chi connectivity index (χ2n) is 9.79. The number of hydrogen-bond acceptors (Lipinski definition) is 9. The van der Waals surface area contributed by atoms with Crippen molar-refractivity contribution in [3.8, 4) is 0 Å². The van der Waals surface area contributed by atoms with Crippen LogP contribution >= 0.6 is 0 Å². The zero-order valence-corrected chi connectivity index (χ0v) is 26.0. The van der Waals surface area contributed by atoms with Crippen molar-refractivity contribution < 1.29 is 42.7 Å². The standard InChI is InChI=1S/C31H62O9/c1-3-5-6-7-8-9-10-11-12-13-14-16-33-17-18-34-19-20-35-21-22-36-23-24-37-25-26-38-27-28-39-29-30-40-31(32)15-4-2/h3-30H2,1-2H3. The zero-order chi connectivity index (χ0) is 29.0. The molecule has 0 aliphatic heterocycles. The van der Waals surface area contributed by atoms with E-state index in [9.17, 15) is 4.79 Å². The van der Waals surface area contributed by atoms with Crippen LogP contribution in [0.4, 0.5) is 0 Å². The van der Waals surface area contributed by atoms with E-state index in [1.54, 1.807) is 0 Å². The fraction of sp³-hybridized carbons (Fsp3) is 0.968. The van der Waals surface area contributed by atoms with Crippen LogP contribution in [0.15, 0.2) is 0 Å². The maximum Gasteiger partial charge on any atom is 0.305 e. The minimum absolute atomic E-state index is 0.178. The second kappa shape index (κ2) is 36.2. The van der Waals surface area contributed by atoms with Gasteiger partial charge in [0, 0.05) is 13.0 Å². The average Bonchev–Trinajstić information content (AvgIpc) is 2.95. The van der Waals surface area contributed by atoms with Crippen molar-refractivity contribution in [2.45, 2.75) is 97.3 Å². The van der Waals surface area contributed by atoms with E-state index >= 15 is 0 Å². The first-order valence-corrected chi connectivity index (χ1v) is 16.0. The van der Waals surface area contributed by atoms with Gasteiger partial charge >= 0.3 is 5.97 Å². The third-order valence-corrected chi connectivity index (χ3v) is 6.07. The summed E-state index contributed by atoms with van der Waals surface area (Å²) < 4.78 is 43.4. The van der Waals surface area contributed by atoms with E-state index in [4.69, 9.17) is 37.9 Å². The molecule has 0 bridgehead atoms. The molecule has 40 heavy (non-hydrogen) atoms. The van der Waals surface area contributed by atoms with Gasteiger partial charge in [-0.05, 0) is 12.8 Å². The lowest BCUT2D eigenvalue weighted by molar-refractivity contribution is -0.145. The summed E-state index contributed by atoms with van der Waals surface area (Å²) in [4.78, 5) is 11.2. The van der Waals surface area contributed by atoms with Crippen LogP contribution in [0.3, 0.4) is 0 Å². The zero-order valence-electron chi connectivity index (χ0n) is 26.0. The van der Waals surface area contributed by atoms with Crippen LogP contribution in [0.2, 0.25) is 0 Å². The van der Waals surface area contributed by atoms with Crippen LogP contribution in [0.5, 0.6) is 0 Å². The summed E-state index contributed by atoms with van der Waals surface area (Å²) in [6.07, 6.45) is 16.1. The Bertz CT molecular complexity index is 480. The molecule has 0 aromatic heterocycles. The predicted molar refractivity (Wildman–Crippen MR) is 158 cm³/mol. The van der Waals surface area contributed by atoms with E-state index in [2.05, 4.69) is 6.92 Å². The minimum Gasteiger partial charge on any atom is -0.463 e. The van der Waals surface area contributed by atoms with E-state index in [0.717, 1.165) is 19.4 Å². The first kappa shape index (κ1) is 39.2. The number of carbonyl (C=O) groups is 1. The van der Waals surface area contributed by atoms with Crippen molar-refractivity contribution in [2.75, 3.05) is 99.1 Å². The average molecular weight is 579 g/mol. The molecule has 240 valence electrons. The van der Waals surface area contributed by atoms with Gasteiger partial charge in [0.05, 0.1) is 85.9 Å². The fourth-order valence-electron chi connectivity index (χ4n) is 3.78. The van der Waals surface area contributed by atoms with Gasteiger partial charge in [-0.1, -0.05) is 78.1 Å². The SMILES string of the molecule is CCCCCCCCCCCCCOCCOCCOCCOCCOCCOCCOCCOC(=O)CCC. The predicted octanol–water partition coefficient (Wildman–Crippen LogP) is 5.76. The van der Waals surface area contributed by atoms with E-state index in [0.29, 0.717) is 92.3 Å². The van der Waals surface area contributed by atoms with Crippen LogP contribution in [-0.4, -0.2) is 105 Å². The molecule has 9 nitrogen and oxygen atoms in total. The Morgan fingerprint density at radius 2 is 0.650 bits per heavy atom. The van der Waals surface area contributed by atoms with Crippen LogP contribution in [0.25, 0.3) is 0 Å². The van der Waals surface area contributed by atoms with Crippen LogP contribution in [0.1, 0.15) is 97.3 Å². The fourth-order valence-corrected chi connectivity index (χ4v) is 3.78. The summed E-state index contributed by atoms with van der Waals surface area (Å²) in [5, 5.41) is 0. The van der Waals surface area contributed by atoms with E-state index in [1.165, 1.54) is 64.2 Å². The van der Waals surface area contributed by atoms with E-state index < -0.39 is 0 Å². The third-order valence-electron chi connectivity index (χ3n) is 6.07. The number of rotatable bonds is 35. The van der Waals surface area contributed by atoms with Crippen molar-refractivity contribution in [3.05, 3.63) is 0 Å². The summed E-state index contributed by atoms with van der Waals surface area (Å²) in [6, 6.07) is 0. The summed E-state index contributed by atoms with van der Waals surface area (Å²) in [5.41, 5.74) is 0. The number of esters is 1. The molecule has 0 aromatic rings. The first-order chi connectivity index (χ1) is 19.8. The highest BCUT2D eigenvalue weighted by molar-refractivity contribution is 5.69. The molecule has 9 heteroatoms. The lowest BCUT2D eigenvalue weighted by atomic mass is 10.1. The van der Waals surface area contributed by atoms with Crippen molar-refractivity contribution >= 4 is 5.97 Å². The van der Waals surface area contributed by atoms with E-state index in [1.807, 2.05) is 6.92 Å². The normalized spacial score (nSPS) is 11.3. The molecule has 0 atom stereocenters. The molecule has 0 radical (unpaired) electrons. The molecular weight excluding hydrogens is 516 g/mol. The van der Waals surface area contributed by atoms with Gasteiger partial charge in [0.1, 0.15) is 6.61 Å². The molecule has 0 aromatic carbocycles. The monoisotopic (exact) mass is 578 g/mol. The number of unbranched alkanes of at least 4 members (excludes halogenated alkanes) is 10. The summed E-state index contributed by atoms with van der Waals surface area (Å²) >= 11 is 0. The van der Waals surface area contributed by atoms with Gasteiger partial charge < -0.3 is 37.9 Å². The van der Waals surface area contributed by atoms with Crippen LogP contribution < -0.4 is 0 Å². The lowest BCUT2D eigenvalue weighted by Gasteiger charge is -2.08. The van der Waals surface area contributed by atoms with Crippen molar-refractivity contribution in [1.82, 2.24) is 0 Å². The highest BCUT2D eigenvalue weighted by Gasteiger charge is 2.00. The van der Waals surface area contributed by atoms with Gasteiger partial charge in [-0.3, -0.25) is 4.79 Å². The molecule has 0 amide bonds. The Morgan fingerprint density at radius 1 is 0.350 bits per heavy atom. The van der Waals surface area contributed by atoms with E-state index in [-0.39, 0.29) is 12.6 Å². The summed E-state index contributed by atoms with van der Waals surface area (Å²) in [6.45, 7) is 12.2. The van der Waals surface area contributed by atoms with Crippen LogP contribution in [-0.2, 0) is 42.7 Å². The van der Waals surface area contributed by atoms with Crippen molar-refractivity contribution in [1.29, 1.82) is 0 Å². The largest absolute Gasteiger partial charge is 0.463 e. The van der Waals surface area contributed by atoms with Gasteiger partial charge in [-0.15, -0.1) is 0 Å². The Kier molecular flexibility index (Phi) is 35.5. The van der Waals surface area contributed by atoms with Gasteiger partial charge in [0.15, 0.2) is 0 Å². The molecule has 0 heterocycles. The maximum absolute atomic E-state index is 11.2. The number of carbonyl (C=O) groups excluding carboxylic acids is 1. The number of ether oxygens (including phenoxy) is 8. The second-order valence-corrected chi connectivity index (χ2v) is 9.79. The topological polar surface area (TPSA) is 90.9 Å². The Balaban J connectivity index is 3.04. The van der Waals surface area contributed by atoms with Gasteiger partial charge in [0.25, 0.3) is 0 Å².